The van der Waals surface area contributed by atoms with Gasteiger partial charge in [-0.15, -0.1) is 0 Å². The summed E-state index contributed by atoms with van der Waals surface area (Å²) in [5, 5.41) is 11.1. The summed E-state index contributed by atoms with van der Waals surface area (Å²) < 4.78 is 13.9. The number of benzene rings is 1. The Kier molecular flexibility index (Phi) is 4.24. The van der Waals surface area contributed by atoms with Crippen LogP contribution in [-0.2, 0) is 0 Å². The second-order valence-electron chi connectivity index (χ2n) is 4.00. The van der Waals surface area contributed by atoms with Gasteiger partial charge in [-0.1, -0.05) is 12.1 Å². The molecule has 0 radical (unpaired) electrons. The van der Waals surface area contributed by atoms with E-state index in [0.717, 1.165) is 6.20 Å². The number of hydrazine groups is 1. The molecule has 110 valence electrons. The number of aromatic nitrogens is 2. The van der Waals surface area contributed by atoms with Crippen molar-refractivity contribution in [1.29, 1.82) is 0 Å². The molecule has 2 aromatic rings. The van der Waals surface area contributed by atoms with E-state index in [1.54, 1.807) is 13.0 Å². The predicted octanol–water partition coefficient (Wildman–Crippen LogP) is 1.97. The van der Waals surface area contributed by atoms with E-state index in [4.69, 9.17) is 5.84 Å². The Morgan fingerprint density at radius 2 is 2.19 bits per heavy atom. The van der Waals surface area contributed by atoms with E-state index in [9.17, 15) is 14.5 Å². The maximum Gasteiger partial charge on any atom is 0.330 e. The molecule has 8 nitrogen and oxygen atoms in total. The Bertz CT molecular complexity index is 666. The van der Waals surface area contributed by atoms with E-state index >= 15 is 0 Å². The topological polar surface area (TPSA) is 110 Å². The molecule has 0 saturated heterocycles. The number of nitrogens with zero attached hydrogens (tertiary/aromatic N) is 4. The average Bonchev–Trinajstić information content (AvgIpc) is 2.49. The zero-order chi connectivity index (χ0) is 15.4. The minimum Gasteiger partial charge on any atom is -0.318 e. The molecular weight excluding hydrogens is 279 g/mol. The number of hydrogen-bond acceptors (Lipinski definition) is 7. The van der Waals surface area contributed by atoms with Crippen LogP contribution in [0, 0.1) is 15.9 Å². The van der Waals surface area contributed by atoms with Crippen molar-refractivity contribution in [2.45, 2.75) is 6.92 Å². The van der Waals surface area contributed by atoms with Gasteiger partial charge in [0.05, 0.1) is 10.6 Å². The SMILES string of the molecule is CCN(c1ccccc1F)c1nc(NN)ncc1[N+](=O)[O-]. The van der Waals surface area contributed by atoms with Crippen molar-refractivity contribution in [1.82, 2.24) is 9.97 Å². The van der Waals surface area contributed by atoms with Crippen LogP contribution in [0.2, 0.25) is 0 Å². The van der Waals surface area contributed by atoms with Gasteiger partial charge in [0.2, 0.25) is 11.8 Å². The standard InChI is InChI=1S/C12H13FN6O2/c1-2-18(9-6-4-3-5-8(9)13)11-10(19(20)21)7-15-12(16-11)17-14/h3-7H,2,14H2,1H3,(H,15,16,17). The number of nitrogens with two attached hydrogens (primary N) is 1. The van der Waals surface area contributed by atoms with E-state index in [1.807, 2.05) is 0 Å². The van der Waals surface area contributed by atoms with Gasteiger partial charge in [0, 0.05) is 6.54 Å². The predicted molar refractivity (Wildman–Crippen MR) is 75.6 cm³/mol. The molecule has 3 N–H and O–H groups in total. The van der Waals surface area contributed by atoms with Crippen LogP contribution >= 0.6 is 0 Å². The first-order valence-electron chi connectivity index (χ1n) is 6.08. The van der Waals surface area contributed by atoms with Crippen LogP contribution < -0.4 is 16.2 Å². The molecule has 0 atom stereocenters. The van der Waals surface area contributed by atoms with Gasteiger partial charge in [0.25, 0.3) is 0 Å². The lowest BCUT2D eigenvalue weighted by atomic mass is 10.2. The summed E-state index contributed by atoms with van der Waals surface area (Å²) in [7, 11) is 0. The van der Waals surface area contributed by atoms with E-state index in [1.165, 1.54) is 23.1 Å². The summed E-state index contributed by atoms with van der Waals surface area (Å²) >= 11 is 0. The van der Waals surface area contributed by atoms with Crippen molar-refractivity contribution in [2.24, 2.45) is 5.84 Å². The van der Waals surface area contributed by atoms with Crippen molar-refractivity contribution in [3.63, 3.8) is 0 Å². The molecule has 0 aliphatic heterocycles. The highest BCUT2D eigenvalue weighted by molar-refractivity contribution is 5.69. The van der Waals surface area contributed by atoms with Crippen LogP contribution in [0.15, 0.2) is 30.5 Å². The molecule has 1 aromatic heterocycles. The molecule has 0 aliphatic rings. The van der Waals surface area contributed by atoms with Crippen LogP contribution in [0.4, 0.5) is 27.5 Å². The summed E-state index contributed by atoms with van der Waals surface area (Å²) in [6.07, 6.45) is 1.03. The van der Waals surface area contributed by atoms with E-state index in [0.29, 0.717) is 0 Å². The number of para-hydroxylation sites is 1. The lowest BCUT2D eigenvalue weighted by molar-refractivity contribution is -0.384. The van der Waals surface area contributed by atoms with Gasteiger partial charge in [-0.3, -0.25) is 15.5 Å². The quantitative estimate of drug-likeness (QED) is 0.492. The highest BCUT2D eigenvalue weighted by Crippen LogP contribution is 2.32. The lowest BCUT2D eigenvalue weighted by Crippen LogP contribution is -2.21. The maximum absolute atomic E-state index is 13.9. The Morgan fingerprint density at radius 1 is 1.48 bits per heavy atom. The van der Waals surface area contributed by atoms with Crippen molar-refractivity contribution in [3.8, 4) is 0 Å². The van der Waals surface area contributed by atoms with Crippen LogP contribution in [0.5, 0.6) is 0 Å². The monoisotopic (exact) mass is 292 g/mol. The molecule has 0 amide bonds. The zero-order valence-corrected chi connectivity index (χ0v) is 11.2. The molecule has 0 unspecified atom stereocenters. The van der Waals surface area contributed by atoms with Crippen LogP contribution in [-0.4, -0.2) is 21.4 Å². The molecule has 21 heavy (non-hydrogen) atoms. The maximum atomic E-state index is 13.9. The van der Waals surface area contributed by atoms with Gasteiger partial charge in [0.15, 0.2) is 0 Å². The number of rotatable bonds is 5. The number of nitro groups is 1. The van der Waals surface area contributed by atoms with Crippen LogP contribution in [0.3, 0.4) is 0 Å². The van der Waals surface area contributed by atoms with Crippen molar-refractivity contribution in [3.05, 3.63) is 46.4 Å². The largest absolute Gasteiger partial charge is 0.330 e. The first kappa shape index (κ1) is 14.6. The summed E-state index contributed by atoms with van der Waals surface area (Å²) in [5.74, 6) is 4.69. The molecule has 9 heteroatoms. The Labute approximate surface area is 119 Å². The summed E-state index contributed by atoms with van der Waals surface area (Å²) in [4.78, 5) is 19.5. The number of anilines is 3. The third-order valence-corrected chi connectivity index (χ3v) is 2.79. The number of nitrogen functional groups attached to an aromatic ring is 1. The van der Waals surface area contributed by atoms with Crippen molar-refractivity contribution < 1.29 is 9.31 Å². The van der Waals surface area contributed by atoms with Crippen molar-refractivity contribution >= 4 is 23.1 Å². The number of nitrogens with one attached hydrogen (secondary N) is 1. The first-order valence-corrected chi connectivity index (χ1v) is 6.08. The van der Waals surface area contributed by atoms with E-state index < -0.39 is 10.7 Å². The second-order valence-corrected chi connectivity index (χ2v) is 4.00. The summed E-state index contributed by atoms with van der Waals surface area (Å²) in [5.41, 5.74) is 2.06. The molecule has 1 heterocycles. The van der Waals surface area contributed by atoms with Gasteiger partial charge in [-0.05, 0) is 19.1 Å². The first-order chi connectivity index (χ1) is 10.1. The molecule has 2 rings (SSSR count). The normalized spacial score (nSPS) is 10.2. The molecule has 0 spiro atoms. The molecule has 0 aliphatic carbocycles. The Hall–Kier alpha value is -2.81. The molecular formula is C12H13FN6O2. The molecule has 0 bridgehead atoms. The summed E-state index contributed by atoms with van der Waals surface area (Å²) in [6.45, 7) is 2.01. The van der Waals surface area contributed by atoms with E-state index in [-0.39, 0.29) is 29.7 Å². The lowest BCUT2D eigenvalue weighted by Gasteiger charge is -2.22. The fourth-order valence-electron chi connectivity index (χ4n) is 1.87. The van der Waals surface area contributed by atoms with Crippen LogP contribution in [0.25, 0.3) is 0 Å². The highest BCUT2D eigenvalue weighted by atomic mass is 19.1. The van der Waals surface area contributed by atoms with Crippen molar-refractivity contribution in [2.75, 3.05) is 16.9 Å². The highest BCUT2D eigenvalue weighted by Gasteiger charge is 2.24. The minimum absolute atomic E-state index is 0.00499. The average molecular weight is 292 g/mol. The fraction of sp³-hybridized carbons (Fsp3) is 0.167. The second kappa shape index (κ2) is 6.09. The van der Waals surface area contributed by atoms with E-state index in [2.05, 4.69) is 15.4 Å². The number of halogens is 1. The third-order valence-electron chi connectivity index (χ3n) is 2.79. The molecule has 0 saturated carbocycles. The molecule has 1 aromatic carbocycles. The Morgan fingerprint density at radius 3 is 2.76 bits per heavy atom. The van der Waals surface area contributed by atoms with Crippen LogP contribution in [0.1, 0.15) is 6.92 Å². The Balaban J connectivity index is 2.61. The van der Waals surface area contributed by atoms with Gasteiger partial charge in [-0.2, -0.15) is 4.98 Å². The zero-order valence-electron chi connectivity index (χ0n) is 11.2. The van der Waals surface area contributed by atoms with Gasteiger partial charge >= 0.3 is 5.69 Å². The van der Waals surface area contributed by atoms with Gasteiger partial charge in [-0.25, -0.2) is 15.2 Å². The minimum atomic E-state index is -0.626. The summed E-state index contributed by atoms with van der Waals surface area (Å²) in [6, 6.07) is 5.96. The van der Waals surface area contributed by atoms with Gasteiger partial charge < -0.3 is 4.90 Å². The van der Waals surface area contributed by atoms with Gasteiger partial charge in [0.1, 0.15) is 12.0 Å². The third kappa shape index (κ3) is 2.87. The molecule has 0 fully saturated rings. The smallest absolute Gasteiger partial charge is 0.318 e. The number of hydrogen-bond donors (Lipinski definition) is 2. The fourth-order valence-corrected chi connectivity index (χ4v) is 1.87.